The molecule has 1 aromatic rings. The smallest absolute Gasteiger partial charge is 0.0594 e. The van der Waals surface area contributed by atoms with Gasteiger partial charge in [0.15, 0.2) is 0 Å². The number of ether oxygens (including phenoxy) is 1. The Morgan fingerprint density at radius 2 is 2.05 bits per heavy atom. The van der Waals surface area contributed by atoms with E-state index in [4.69, 9.17) is 10.3 Å². The Bertz CT molecular complexity index is 460. The first-order valence-electron chi connectivity index (χ1n) is 6.45. The fraction of sp³-hybridized carbons (Fsp3) is 0.429. The molecule has 1 saturated heterocycles. The molecule has 19 heavy (non-hydrogen) atoms. The van der Waals surface area contributed by atoms with E-state index in [1.165, 1.54) is 11.1 Å². The molecule has 1 aliphatic heterocycles. The highest BCUT2D eigenvalue weighted by Crippen LogP contribution is 2.16. The standard InChI is InChI=1S/C14H18N4O/c15-17-16-7-6-14(13-4-2-1-3-5-13)12-18-8-10-19-11-9-18/h1-6H,7-12H2/b14-6+. The molecule has 0 bridgehead atoms. The average Bonchev–Trinajstić information content (AvgIpc) is 2.48. The number of azide groups is 1. The second-order valence-electron chi connectivity index (χ2n) is 4.40. The Morgan fingerprint density at radius 3 is 2.74 bits per heavy atom. The van der Waals surface area contributed by atoms with Crippen molar-refractivity contribution in [2.45, 2.75) is 0 Å². The van der Waals surface area contributed by atoms with E-state index in [1.807, 2.05) is 24.3 Å². The molecule has 0 unspecified atom stereocenters. The van der Waals surface area contributed by atoms with Crippen molar-refractivity contribution in [1.29, 1.82) is 0 Å². The third-order valence-corrected chi connectivity index (χ3v) is 3.12. The van der Waals surface area contributed by atoms with E-state index >= 15 is 0 Å². The molecule has 0 aromatic heterocycles. The number of morpholine rings is 1. The third kappa shape index (κ3) is 4.41. The molecule has 0 aliphatic carbocycles. The zero-order valence-electron chi connectivity index (χ0n) is 10.9. The van der Waals surface area contributed by atoms with Crippen LogP contribution in [0.5, 0.6) is 0 Å². The maximum atomic E-state index is 8.37. The molecule has 100 valence electrons. The quantitative estimate of drug-likeness (QED) is 0.463. The summed E-state index contributed by atoms with van der Waals surface area (Å²) in [5, 5.41) is 3.59. The van der Waals surface area contributed by atoms with Gasteiger partial charge >= 0.3 is 0 Å². The Hall–Kier alpha value is -1.81. The summed E-state index contributed by atoms with van der Waals surface area (Å²) in [7, 11) is 0. The van der Waals surface area contributed by atoms with Gasteiger partial charge < -0.3 is 4.74 Å². The molecule has 5 nitrogen and oxygen atoms in total. The Morgan fingerprint density at radius 1 is 1.32 bits per heavy atom. The summed E-state index contributed by atoms with van der Waals surface area (Å²) in [5.41, 5.74) is 10.8. The second kappa shape index (κ2) is 7.59. The van der Waals surface area contributed by atoms with Gasteiger partial charge in [0.05, 0.1) is 13.2 Å². The molecule has 5 heteroatoms. The van der Waals surface area contributed by atoms with Gasteiger partial charge in [-0.3, -0.25) is 4.90 Å². The van der Waals surface area contributed by atoms with Crippen LogP contribution in [0, 0.1) is 0 Å². The van der Waals surface area contributed by atoms with Crippen molar-refractivity contribution in [1.82, 2.24) is 4.90 Å². The number of benzene rings is 1. The predicted molar refractivity (Wildman–Crippen MR) is 75.7 cm³/mol. The van der Waals surface area contributed by atoms with Gasteiger partial charge in [0, 0.05) is 31.1 Å². The van der Waals surface area contributed by atoms with E-state index in [0.717, 1.165) is 32.8 Å². The number of hydrogen-bond donors (Lipinski definition) is 0. The van der Waals surface area contributed by atoms with Crippen LogP contribution in [0.1, 0.15) is 5.56 Å². The normalized spacial score (nSPS) is 16.9. The van der Waals surface area contributed by atoms with Crippen LogP contribution < -0.4 is 0 Å². The maximum Gasteiger partial charge on any atom is 0.0594 e. The van der Waals surface area contributed by atoms with E-state index in [9.17, 15) is 0 Å². The lowest BCUT2D eigenvalue weighted by Crippen LogP contribution is -2.37. The molecular formula is C14H18N4O. The predicted octanol–water partition coefficient (Wildman–Crippen LogP) is 2.71. The van der Waals surface area contributed by atoms with Crippen LogP contribution in [0.25, 0.3) is 16.0 Å². The van der Waals surface area contributed by atoms with Crippen molar-refractivity contribution in [2.75, 3.05) is 39.4 Å². The summed E-state index contributed by atoms with van der Waals surface area (Å²) in [6.45, 7) is 4.74. The van der Waals surface area contributed by atoms with Gasteiger partial charge in [-0.15, -0.1) is 0 Å². The van der Waals surface area contributed by atoms with E-state index < -0.39 is 0 Å². The van der Waals surface area contributed by atoms with Gasteiger partial charge in [0.25, 0.3) is 0 Å². The van der Waals surface area contributed by atoms with Crippen molar-refractivity contribution in [3.05, 3.63) is 52.4 Å². The molecule has 0 atom stereocenters. The van der Waals surface area contributed by atoms with Crippen molar-refractivity contribution < 1.29 is 4.74 Å². The van der Waals surface area contributed by atoms with Gasteiger partial charge in [-0.25, -0.2) is 0 Å². The van der Waals surface area contributed by atoms with Crippen molar-refractivity contribution in [2.24, 2.45) is 5.11 Å². The number of nitrogens with zero attached hydrogens (tertiary/aromatic N) is 4. The van der Waals surface area contributed by atoms with E-state index in [-0.39, 0.29) is 0 Å². The SMILES string of the molecule is [N-]=[N+]=NC/C=C(\CN1CCOCC1)c1ccccc1. The van der Waals surface area contributed by atoms with Crippen LogP contribution in [-0.2, 0) is 4.74 Å². The zero-order chi connectivity index (χ0) is 13.3. The van der Waals surface area contributed by atoms with Crippen molar-refractivity contribution in [3.63, 3.8) is 0 Å². The van der Waals surface area contributed by atoms with E-state index in [2.05, 4.69) is 27.1 Å². The second-order valence-corrected chi connectivity index (χ2v) is 4.40. The first kappa shape index (κ1) is 13.6. The van der Waals surface area contributed by atoms with Crippen molar-refractivity contribution >= 4 is 5.57 Å². The minimum Gasteiger partial charge on any atom is -0.379 e. The van der Waals surface area contributed by atoms with E-state index in [1.54, 1.807) is 0 Å². The van der Waals surface area contributed by atoms with Crippen molar-refractivity contribution in [3.8, 4) is 0 Å². The molecule has 1 heterocycles. The van der Waals surface area contributed by atoms with Crippen LogP contribution in [0.2, 0.25) is 0 Å². The topological polar surface area (TPSA) is 61.2 Å². The monoisotopic (exact) mass is 258 g/mol. The molecule has 1 aromatic carbocycles. The first-order valence-corrected chi connectivity index (χ1v) is 6.45. The lowest BCUT2D eigenvalue weighted by atomic mass is 10.0. The molecular weight excluding hydrogens is 240 g/mol. The van der Waals surface area contributed by atoms with Gasteiger partial charge in [-0.05, 0) is 16.7 Å². The average molecular weight is 258 g/mol. The highest BCUT2D eigenvalue weighted by molar-refractivity contribution is 5.67. The van der Waals surface area contributed by atoms with Crippen LogP contribution >= 0.6 is 0 Å². The summed E-state index contributed by atoms with van der Waals surface area (Å²) in [6.07, 6.45) is 2.00. The summed E-state index contributed by atoms with van der Waals surface area (Å²) in [4.78, 5) is 5.15. The largest absolute Gasteiger partial charge is 0.379 e. The minimum atomic E-state index is 0.394. The highest BCUT2D eigenvalue weighted by atomic mass is 16.5. The fourth-order valence-electron chi connectivity index (χ4n) is 2.11. The third-order valence-electron chi connectivity index (χ3n) is 3.12. The summed E-state index contributed by atoms with van der Waals surface area (Å²) in [5.74, 6) is 0. The first-order chi connectivity index (χ1) is 9.40. The molecule has 0 radical (unpaired) electrons. The molecule has 1 aliphatic rings. The molecule has 0 amide bonds. The maximum absolute atomic E-state index is 8.37. The number of rotatable bonds is 5. The molecule has 0 spiro atoms. The van der Waals surface area contributed by atoms with Crippen LogP contribution in [0.3, 0.4) is 0 Å². The molecule has 0 saturated carbocycles. The Balaban J connectivity index is 2.09. The molecule has 0 N–H and O–H groups in total. The Labute approximate surface area is 113 Å². The highest BCUT2D eigenvalue weighted by Gasteiger charge is 2.12. The number of hydrogen-bond acceptors (Lipinski definition) is 3. The van der Waals surface area contributed by atoms with Crippen LogP contribution in [0.15, 0.2) is 41.5 Å². The van der Waals surface area contributed by atoms with Gasteiger partial charge in [0.1, 0.15) is 0 Å². The molecule has 2 rings (SSSR count). The lowest BCUT2D eigenvalue weighted by molar-refractivity contribution is 0.0444. The van der Waals surface area contributed by atoms with Gasteiger partial charge in [-0.1, -0.05) is 41.5 Å². The summed E-state index contributed by atoms with van der Waals surface area (Å²) in [6, 6.07) is 10.2. The fourth-order valence-corrected chi connectivity index (χ4v) is 2.11. The summed E-state index contributed by atoms with van der Waals surface area (Å²) < 4.78 is 5.36. The van der Waals surface area contributed by atoms with Crippen LogP contribution in [-0.4, -0.2) is 44.3 Å². The van der Waals surface area contributed by atoms with Gasteiger partial charge in [-0.2, -0.15) is 0 Å². The van der Waals surface area contributed by atoms with E-state index in [0.29, 0.717) is 6.54 Å². The Kier molecular flexibility index (Phi) is 5.44. The lowest BCUT2D eigenvalue weighted by Gasteiger charge is -2.27. The minimum absolute atomic E-state index is 0.394. The molecule has 1 fully saturated rings. The van der Waals surface area contributed by atoms with Gasteiger partial charge in [0.2, 0.25) is 0 Å². The summed E-state index contributed by atoms with van der Waals surface area (Å²) >= 11 is 0. The zero-order valence-corrected chi connectivity index (χ0v) is 10.9. The van der Waals surface area contributed by atoms with Crippen LogP contribution in [0.4, 0.5) is 0 Å².